The van der Waals surface area contributed by atoms with Crippen LogP contribution in [0.1, 0.15) is 6.42 Å². The van der Waals surface area contributed by atoms with Crippen LogP contribution in [0, 0.1) is 0 Å². The highest BCUT2D eigenvalue weighted by molar-refractivity contribution is 7.91. The molecule has 7 heteroatoms. The van der Waals surface area contributed by atoms with Crippen molar-refractivity contribution in [3.63, 3.8) is 0 Å². The van der Waals surface area contributed by atoms with E-state index >= 15 is 0 Å². The predicted molar refractivity (Wildman–Crippen MR) is 68.0 cm³/mol. The molecule has 0 amide bonds. The van der Waals surface area contributed by atoms with Crippen LogP contribution in [0.3, 0.4) is 0 Å². The Balaban J connectivity index is 2.44. The van der Waals surface area contributed by atoms with Gasteiger partial charge in [-0.3, -0.25) is 4.98 Å². The third kappa shape index (κ3) is 4.59. The summed E-state index contributed by atoms with van der Waals surface area (Å²) in [7, 11) is -1.80. The molecule has 6 nitrogen and oxygen atoms in total. The summed E-state index contributed by atoms with van der Waals surface area (Å²) >= 11 is 0. The van der Waals surface area contributed by atoms with E-state index in [4.69, 9.17) is 15.2 Å². The van der Waals surface area contributed by atoms with Crippen molar-refractivity contribution >= 4 is 15.5 Å². The molecule has 0 unspecified atom stereocenters. The Morgan fingerprint density at radius 1 is 1.33 bits per heavy atom. The van der Waals surface area contributed by atoms with E-state index in [0.717, 1.165) is 6.42 Å². The molecule has 0 fully saturated rings. The second-order valence-electron chi connectivity index (χ2n) is 3.69. The summed E-state index contributed by atoms with van der Waals surface area (Å²) in [5.41, 5.74) is 5.74. The molecule has 2 N–H and O–H groups in total. The number of sulfone groups is 1. The number of anilines is 1. The number of methoxy groups -OCH3 is 1. The number of pyridine rings is 1. The van der Waals surface area contributed by atoms with Gasteiger partial charge in [-0.15, -0.1) is 0 Å². The Morgan fingerprint density at radius 2 is 2.11 bits per heavy atom. The van der Waals surface area contributed by atoms with Gasteiger partial charge in [0.25, 0.3) is 0 Å². The van der Waals surface area contributed by atoms with E-state index in [2.05, 4.69) is 4.98 Å². The minimum atomic E-state index is -3.40. The summed E-state index contributed by atoms with van der Waals surface area (Å²) in [5.74, 6) is -0.0891. The van der Waals surface area contributed by atoms with Crippen molar-refractivity contribution in [3.05, 3.63) is 18.5 Å². The summed E-state index contributed by atoms with van der Waals surface area (Å²) in [5, 5.41) is 0. The fourth-order valence-electron chi connectivity index (χ4n) is 1.36. The van der Waals surface area contributed by atoms with Crippen LogP contribution in [0.4, 0.5) is 5.69 Å². The van der Waals surface area contributed by atoms with Crippen LogP contribution < -0.4 is 5.73 Å². The minimum Gasteiger partial charge on any atom is -0.396 e. The van der Waals surface area contributed by atoms with Gasteiger partial charge in [0, 0.05) is 26.5 Å². The van der Waals surface area contributed by atoms with Crippen molar-refractivity contribution < 1.29 is 17.9 Å². The van der Waals surface area contributed by atoms with Crippen LogP contribution in [-0.2, 0) is 19.3 Å². The Hall–Kier alpha value is -1.18. The normalized spacial score (nSPS) is 11.6. The highest BCUT2D eigenvalue weighted by Gasteiger charge is 2.17. The monoisotopic (exact) mass is 274 g/mol. The van der Waals surface area contributed by atoms with Crippen molar-refractivity contribution in [2.75, 3.05) is 38.4 Å². The van der Waals surface area contributed by atoms with Crippen molar-refractivity contribution in [1.82, 2.24) is 4.98 Å². The Labute approximate surface area is 107 Å². The number of nitrogens with two attached hydrogens (primary N) is 1. The molecular weight excluding hydrogens is 256 g/mol. The first-order chi connectivity index (χ1) is 8.58. The number of nitrogen functional groups attached to an aromatic ring is 1. The lowest BCUT2D eigenvalue weighted by Gasteiger charge is -2.07. The van der Waals surface area contributed by atoms with Crippen LogP contribution in [0.25, 0.3) is 0 Å². The zero-order valence-corrected chi connectivity index (χ0v) is 11.1. The molecule has 0 aliphatic carbocycles. The topological polar surface area (TPSA) is 91.5 Å². The van der Waals surface area contributed by atoms with Gasteiger partial charge in [-0.1, -0.05) is 0 Å². The molecule has 1 aromatic rings. The van der Waals surface area contributed by atoms with Crippen LogP contribution in [0.15, 0.2) is 23.4 Å². The summed E-state index contributed by atoms with van der Waals surface area (Å²) in [4.78, 5) is 3.86. The van der Waals surface area contributed by atoms with Crippen LogP contribution in [0.5, 0.6) is 0 Å². The van der Waals surface area contributed by atoms with Crippen LogP contribution in [0.2, 0.25) is 0 Å². The fourth-order valence-corrected chi connectivity index (χ4v) is 2.60. The summed E-state index contributed by atoms with van der Waals surface area (Å²) in [6.45, 7) is 1.23. The minimum absolute atomic E-state index is 0.0891. The van der Waals surface area contributed by atoms with Crippen molar-refractivity contribution in [2.24, 2.45) is 0 Å². The molecule has 1 rings (SSSR count). The van der Waals surface area contributed by atoms with E-state index in [1.165, 1.54) is 18.5 Å². The zero-order valence-electron chi connectivity index (χ0n) is 10.3. The third-order valence-corrected chi connectivity index (χ3v) is 4.02. The van der Waals surface area contributed by atoms with E-state index in [1.54, 1.807) is 7.11 Å². The number of hydrogen-bond acceptors (Lipinski definition) is 6. The summed E-state index contributed by atoms with van der Waals surface area (Å²) in [6, 6.07) is 1.40. The number of rotatable bonds is 8. The first kappa shape index (κ1) is 14.9. The average molecular weight is 274 g/mol. The zero-order chi connectivity index (χ0) is 13.4. The quantitative estimate of drug-likeness (QED) is 0.694. The van der Waals surface area contributed by atoms with Gasteiger partial charge < -0.3 is 15.2 Å². The molecule has 1 aromatic heterocycles. The lowest BCUT2D eigenvalue weighted by Crippen LogP contribution is -2.15. The summed E-state index contributed by atoms with van der Waals surface area (Å²) < 4.78 is 33.9. The highest BCUT2D eigenvalue weighted by atomic mass is 32.2. The molecule has 102 valence electrons. The van der Waals surface area contributed by atoms with Gasteiger partial charge in [0.1, 0.15) is 0 Å². The highest BCUT2D eigenvalue weighted by Crippen LogP contribution is 2.17. The SMILES string of the molecule is COCCCOCCS(=O)(=O)c1ccncc1N. The Bertz CT molecular complexity index is 462. The van der Waals surface area contributed by atoms with E-state index < -0.39 is 9.84 Å². The van der Waals surface area contributed by atoms with E-state index in [0.29, 0.717) is 13.2 Å². The molecule has 0 spiro atoms. The molecule has 0 aliphatic heterocycles. The van der Waals surface area contributed by atoms with Gasteiger partial charge in [0.2, 0.25) is 0 Å². The average Bonchev–Trinajstić information content (AvgIpc) is 2.34. The summed E-state index contributed by atoms with van der Waals surface area (Å²) in [6.07, 6.45) is 3.48. The first-order valence-electron chi connectivity index (χ1n) is 5.57. The van der Waals surface area contributed by atoms with Crippen LogP contribution in [-0.4, -0.2) is 46.1 Å². The lowest BCUT2D eigenvalue weighted by molar-refractivity contribution is 0.112. The standard InChI is InChI=1S/C11H18N2O4S/c1-16-5-2-6-17-7-8-18(14,15)11-3-4-13-9-10(11)12/h3-4,9H,2,5-8,12H2,1H3. The second kappa shape index (κ2) is 7.30. The number of ether oxygens (including phenoxy) is 2. The van der Waals surface area contributed by atoms with E-state index in [1.807, 2.05) is 0 Å². The molecule has 0 saturated heterocycles. The maximum atomic E-state index is 11.9. The molecule has 0 radical (unpaired) electrons. The van der Waals surface area contributed by atoms with Crippen molar-refractivity contribution in [1.29, 1.82) is 0 Å². The maximum Gasteiger partial charge on any atom is 0.182 e. The van der Waals surface area contributed by atoms with Crippen LogP contribution >= 0.6 is 0 Å². The first-order valence-corrected chi connectivity index (χ1v) is 7.22. The molecule has 1 heterocycles. The molecule has 0 bridgehead atoms. The van der Waals surface area contributed by atoms with Gasteiger partial charge in [-0.2, -0.15) is 0 Å². The second-order valence-corrected chi connectivity index (χ2v) is 5.77. The predicted octanol–water partition coefficient (Wildman–Crippen LogP) is 0.491. The van der Waals surface area contributed by atoms with Crippen molar-refractivity contribution in [3.8, 4) is 0 Å². The molecular formula is C11H18N2O4S. The number of nitrogens with zero attached hydrogens (tertiary/aromatic N) is 1. The Morgan fingerprint density at radius 3 is 2.78 bits per heavy atom. The van der Waals surface area contributed by atoms with Gasteiger partial charge in [0.05, 0.1) is 29.1 Å². The maximum absolute atomic E-state index is 11.9. The lowest BCUT2D eigenvalue weighted by atomic mass is 10.4. The van der Waals surface area contributed by atoms with E-state index in [9.17, 15) is 8.42 Å². The fraction of sp³-hybridized carbons (Fsp3) is 0.545. The molecule has 18 heavy (non-hydrogen) atoms. The van der Waals surface area contributed by atoms with Gasteiger partial charge in [0.15, 0.2) is 9.84 Å². The van der Waals surface area contributed by atoms with E-state index in [-0.39, 0.29) is 22.9 Å². The number of aromatic nitrogens is 1. The molecule has 0 atom stereocenters. The molecule has 0 aromatic carbocycles. The Kier molecular flexibility index (Phi) is 6.03. The van der Waals surface area contributed by atoms with Crippen molar-refractivity contribution in [2.45, 2.75) is 11.3 Å². The van der Waals surface area contributed by atoms with Gasteiger partial charge in [-0.25, -0.2) is 8.42 Å². The third-order valence-electron chi connectivity index (χ3n) is 2.28. The van der Waals surface area contributed by atoms with Gasteiger partial charge in [-0.05, 0) is 12.5 Å². The van der Waals surface area contributed by atoms with Gasteiger partial charge >= 0.3 is 0 Å². The largest absolute Gasteiger partial charge is 0.396 e. The molecule has 0 aliphatic rings. The molecule has 0 saturated carbocycles. The number of hydrogen-bond donors (Lipinski definition) is 1. The smallest absolute Gasteiger partial charge is 0.182 e.